The highest BCUT2D eigenvalue weighted by Crippen LogP contribution is 2.19. The summed E-state index contributed by atoms with van der Waals surface area (Å²) in [7, 11) is 1.84. The Morgan fingerprint density at radius 3 is 3.04 bits per heavy atom. The minimum Gasteiger partial charge on any atom is -0.350 e. The number of hydrogen-bond acceptors (Lipinski definition) is 5. The Bertz CT molecular complexity index is 719. The maximum Gasteiger partial charge on any atom is 0.242 e. The fourth-order valence-corrected chi connectivity index (χ4v) is 3.03. The van der Waals surface area contributed by atoms with Gasteiger partial charge in [0.25, 0.3) is 0 Å². The largest absolute Gasteiger partial charge is 0.350 e. The van der Waals surface area contributed by atoms with Crippen LogP contribution in [0.15, 0.2) is 36.8 Å². The quantitative estimate of drug-likeness (QED) is 0.828. The molecule has 0 aliphatic carbocycles. The highest BCUT2D eigenvalue weighted by Gasteiger charge is 2.29. The van der Waals surface area contributed by atoms with E-state index in [0.29, 0.717) is 11.4 Å². The number of likely N-dealkylation sites (tertiary alicyclic amines) is 1. The predicted octanol–water partition coefficient (Wildman–Crippen LogP) is 1.28. The molecule has 0 unspecified atom stereocenters. The average Bonchev–Trinajstić information content (AvgIpc) is 3.27. The van der Waals surface area contributed by atoms with E-state index in [-0.39, 0.29) is 18.5 Å². The number of likely N-dealkylation sites (N-methyl/N-ethyl adjacent to an activating group) is 1. The maximum atomic E-state index is 12.7. The Kier molecular flexibility index (Phi) is 4.75. The summed E-state index contributed by atoms with van der Waals surface area (Å²) in [6, 6.07) is 7.60. The second kappa shape index (κ2) is 7.13. The number of amides is 1. The molecule has 1 fully saturated rings. The lowest BCUT2D eigenvalue weighted by atomic mass is 10.2. The number of hydrogen-bond donors (Lipinski definition) is 0. The molecule has 7 nitrogen and oxygen atoms in total. The monoisotopic (exact) mass is 324 g/mol. The van der Waals surface area contributed by atoms with Gasteiger partial charge in [-0.2, -0.15) is 10.4 Å². The van der Waals surface area contributed by atoms with Gasteiger partial charge in [-0.05, 0) is 31.0 Å². The molecule has 0 N–H and O–H groups in total. The number of pyridine rings is 1. The maximum absolute atomic E-state index is 12.7. The Morgan fingerprint density at radius 1 is 1.50 bits per heavy atom. The van der Waals surface area contributed by atoms with Crippen LogP contribution in [0.25, 0.3) is 0 Å². The van der Waals surface area contributed by atoms with Gasteiger partial charge in [0.15, 0.2) is 0 Å². The van der Waals surface area contributed by atoms with Crippen LogP contribution in [0, 0.1) is 11.3 Å². The summed E-state index contributed by atoms with van der Waals surface area (Å²) in [5, 5.41) is 13.0. The lowest BCUT2D eigenvalue weighted by Gasteiger charge is -2.27. The molecule has 1 aliphatic rings. The van der Waals surface area contributed by atoms with Crippen LogP contribution in [0.2, 0.25) is 0 Å². The summed E-state index contributed by atoms with van der Waals surface area (Å²) in [5.41, 5.74) is 0.511. The third-order valence-electron chi connectivity index (χ3n) is 4.29. The summed E-state index contributed by atoms with van der Waals surface area (Å²) in [6.07, 6.45) is 7.23. The smallest absolute Gasteiger partial charge is 0.242 e. The molecule has 0 spiro atoms. The molecule has 1 saturated heterocycles. The van der Waals surface area contributed by atoms with Crippen molar-refractivity contribution in [3.63, 3.8) is 0 Å². The molecule has 3 rings (SSSR count). The molecule has 7 heteroatoms. The van der Waals surface area contributed by atoms with Crippen molar-refractivity contribution in [2.24, 2.45) is 0 Å². The molecule has 1 atom stereocenters. The molecule has 1 amide bonds. The van der Waals surface area contributed by atoms with Crippen molar-refractivity contribution in [1.82, 2.24) is 19.7 Å². The third-order valence-corrected chi connectivity index (χ3v) is 4.29. The predicted molar refractivity (Wildman–Crippen MR) is 89.2 cm³/mol. The van der Waals surface area contributed by atoms with E-state index >= 15 is 0 Å². The van der Waals surface area contributed by atoms with E-state index in [1.54, 1.807) is 18.3 Å². The van der Waals surface area contributed by atoms with Crippen LogP contribution in [0.4, 0.5) is 5.82 Å². The zero-order chi connectivity index (χ0) is 16.9. The molecular formula is C17H20N6O. The van der Waals surface area contributed by atoms with Crippen molar-refractivity contribution < 1.29 is 4.79 Å². The fourth-order valence-electron chi connectivity index (χ4n) is 3.03. The summed E-state index contributed by atoms with van der Waals surface area (Å²) in [5.74, 6) is 0.781. The Labute approximate surface area is 141 Å². The van der Waals surface area contributed by atoms with Gasteiger partial charge in [-0.15, -0.1) is 0 Å². The SMILES string of the molecule is CN(CC(=O)N1CCC[C@@H]1Cn1cccn1)c1ccc(C#N)cn1. The van der Waals surface area contributed by atoms with Crippen LogP contribution >= 0.6 is 0 Å². The highest BCUT2D eigenvalue weighted by molar-refractivity contribution is 5.81. The molecular weight excluding hydrogens is 304 g/mol. The number of aromatic nitrogens is 3. The Hall–Kier alpha value is -2.88. The van der Waals surface area contributed by atoms with E-state index in [1.807, 2.05) is 39.9 Å². The minimum atomic E-state index is 0.0957. The molecule has 2 aromatic heterocycles. The van der Waals surface area contributed by atoms with E-state index in [4.69, 9.17) is 5.26 Å². The van der Waals surface area contributed by atoms with Crippen LogP contribution < -0.4 is 4.90 Å². The van der Waals surface area contributed by atoms with Gasteiger partial charge in [-0.1, -0.05) is 0 Å². The van der Waals surface area contributed by atoms with Gasteiger partial charge in [0.05, 0.1) is 24.7 Å². The first kappa shape index (κ1) is 16.0. The van der Waals surface area contributed by atoms with Gasteiger partial charge in [0.2, 0.25) is 5.91 Å². The van der Waals surface area contributed by atoms with Crippen molar-refractivity contribution >= 4 is 11.7 Å². The zero-order valence-electron chi connectivity index (χ0n) is 13.7. The number of rotatable bonds is 5. The van der Waals surface area contributed by atoms with Gasteiger partial charge < -0.3 is 9.80 Å². The normalized spacial score (nSPS) is 16.8. The highest BCUT2D eigenvalue weighted by atomic mass is 16.2. The van der Waals surface area contributed by atoms with Gasteiger partial charge in [-0.25, -0.2) is 4.98 Å². The summed E-state index contributed by atoms with van der Waals surface area (Å²) in [6.45, 7) is 1.80. The lowest BCUT2D eigenvalue weighted by molar-refractivity contribution is -0.130. The molecule has 2 aromatic rings. The zero-order valence-corrected chi connectivity index (χ0v) is 13.7. The lowest BCUT2D eigenvalue weighted by Crippen LogP contribution is -2.43. The van der Waals surface area contributed by atoms with Crippen molar-refractivity contribution in [2.45, 2.75) is 25.4 Å². The standard InChI is InChI=1S/C17H20N6O/c1-21(16-6-5-14(10-18)11-19-16)13-17(24)23-9-2-4-15(23)12-22-8-3-7-20-22/h3,5-8,11,15H,2,4,9,12-13H2,1H3/t15-/m1/s1. The van der Waals surface area contributed by atoms with Crippen LogP contribution in [-0.2, 0) is 11.3 Å². The van der Waals surface area contributed by atoms with E-state index in [0.717, 1.165) is 25.9 Å². The van der Waals surface area contributed by atoms with Crippen molar-refractivity contribution in [3.8, 4) is 6.07 Å². The van der Waals surface area contributed by atoms with Gasteiger partial charge in [0.1, 0.15) is 11.9 Å². The van der Waals surface area contributed by atoms with E-state index in [9.17, 15) is 4.79 Å². The summed E-state index contributed by atoms with van der Waals surface area (Å²) >= 11 is 0. The first-order chi connectivity index (χ1) is 11.7. The van der Waals surface area contributed by atoms with E-state index < -0.39 is 0 Å². The van der Waals surface area contributed by atoms with E-state index in [2.05, 4.69) is 10.1 Å². The van der Waals surface area contributed by atoms with Crippen LogP contribution in [0.1, 0.15) is 18.4 Å². The molecule has 1 aliphatic heterocycles. The van der Waals surface area contributed by atoms with Gasteiger partial charge in [0, 0.05) is 32.2 Å². The van der Waals surface area contributed by atoms with Crippen molar-refractivity contribution in [3.05, 3.63) is 42.4 Å². The average molecular weight is 324 g/mol. The fraction of sp³-hybridized carbons (Fsp3) is 0.412. The molecule has 0 saturated carbocycles. The summed E-state index contributed by atoms with van der Waals surface area (Å²) in [4.78, 5) is 20.7. The van der Waals surface area contributed by atoms with E-state index in [1.165, 1.54) is 6.20 Å². The third kappa shape index (κ3) is 3.54. The van der Waals surface area contributed by atoms with Crippen LogP contribution in [-0.4, -0.2) is 51.8 Å². The minimum absolute atomic E-state index is 0.0957. The first-order valence-electron chi connectivity index (χ1n) is 8.01. The molecule has 0 radical (unpaired) electrons. The van der Waals surface area contributed by atoms with Crippen molar-refractivity contribution in [1.29, 1.82) is 5.26 Å². The first-order valence-corrected chi connectivity index (χ1v) is 8.01. The number of carbonyl (C=O) groups is 1. The molecule has 0 aromatic carbocycles. The Morgan fingerprint density at radius 2 is 2.38 bits per heavy atom. The Balaban J connectivity index is 1.61. The molecule has 124 valence electrons. The number of nitriles is 1. The van der Waals surface area contributed by atoms with Gasteiger partial charge >= 0.3 is 0 Å². The van der Waals surface area contributed by atoms with Crippen molar-refractivity contribution in [2.75, 3.05) is 25.0 Å². The number of anilines is 1. The molecule has 3 heterocycles. The second-order valence-corrected chi connectivity index (χ2v) is 5.98. The van der Waals surface area contributed by atoms with Gasteiger partial charge in [-0.3, -0.25) is 9.48 Å². The summed E-state index contributed by atoms with van der Waals surface area (Å²) < 4.78 is 1.88. The second-order valence-electron chi connectivity index (χ2n) is 5.98. The molecule has 24 heavy (non-hydrogen) atoms. The number of nitrogens with zero attached hydrogens (tertiary/aromatic N) is 6. The van der Waals surface area contributed by atoms with Crippen LogP contribution in [0.3, 0.4) is 0 Å². The van der Waals surface area contributed by atoms with Crippen LogP contribution in [0.5, 0.6) is 0 Å². The topological polar surface area (TPSA) is 78.0 Å². The number of carbonyl (C=O) groups excluding carboxylic acids is 1. The molecule has 0 bridgehead atoms.